The number of hydrogen-bond donors (Lipinski definition) is 2. The Labute approximate surface area is 67.9 Å². The van der Waals surface area contributed by atoms with Gasteiger partial charge in [-0.3, -0.25) is 5.41 Å². The third-order valence-corrected chi connectivity index (χ3v) is 1.62. The number of rotatable bonds is 2. The lowest BCUT2D eigenvalue weighted by Gasteiger charge is -1.90. The zero-order valence-electron chi connectivity index (χ0n) is 6.00. The summed E-state index contributed by atoms with van der Waals surface area (Å²) in [6, 6.07) is 0. The topological polar surface area (TPSA) is 88.8 Å². The van der Waals surface area contributed by atoms with Crippen LogP contribution in [-0.4, -0.2) is 15.4 Å². The summed E-state index contributed by atoms with van der Waals surface area (Å²) in [5.41, 5.74) is 5.10. The van der Waals surface area contributed by atoms with E-state index in [-0.39, 0.29) is 5.17 Å². The van der Waals surface area contributed by atoms with Crippen LogP contribution in [0.5, 0.6) is 0 Å². The van der Waals surface area contributed by atoms with Gasteiger partial charge in [0.2, 0.25) is 11.8 Å². The fourth-order valence-electron chi connectivity index (χ4n) is 0.535. The fraction of sp³-hybridized carbons (Fsp3) is 0.400. The average molecular weight is 172 g/mol. The molecule has 60 valence electrons. The quantitative estimate of drug-likeness (QED) is 0.501. The van der Waals surface area contributed by atoms with Gasteiger partial charge >= 0.3 is 0 Å². The van der Waals surface area contributed by atoms with Crippen molar-refractivity contribution >= 4 is 16.9 Å². The second-order valence-corrected chi connectivity index (χ2v) is 2.88. The smallest absolute Gasteiger partial charge is 0.226 e. The largest absolute Gasteiger partial charge is 0.425 e. The summed E-state index contributed by atoms with van der Waals surface area (Å²) in [4.78, 5) is 0. The highest BCUT2D eigenvalue weighted by Gasteiger charge is 2.02. The minimum absolute atomic E-state index is 0.0563. The Morgan fingerprint density at radius 2 is 2.45 bits per heavy atom. The van der Waals surface area contributed by atoms with Gasteiger partial charge < -0.3 is 10.2 Å². The number of nitrogens with two attached hydrogens (primary N) is 1. The number of hydrogen-bond acceptors (Lipinski definition) is 5. The van der Waals surface area contributed by atoms with E-state index in [0.29, 0.717) is 17.5 Å². The van der Waals surface area contributed by atoms with Crippen molar-refractivity contribution in [2.75, 3.05) is 0 Å². The summed E-state index contributed by atoms with van der Waals surface area (Å²) in [7, 11) is 0. The Morgan fingerprint density at radius 1 is 1.73 bits per heavy atom. The van der Waals surface area contributed by atoms with Crippen molar-refractivity contribution in [2.45, 2.75) is 12.7 Å². The molecule has 0 saturated carbocycles. The Balaban J connectivity index is 2.45. The molecule has 11 heavy (non-hydrogen) atoms. The molecular weight excluding hydrogens is 164 g/mol. The normalized spacial score (nSPS) is 9.91. The molecule has 0 unspecified atom stereocenters. The third-order valence-electron chi connectivity index (χ3n) is 0.919. The maximum absolute atomic E-state index is 6.90. The van der Waals surface area contributed by atoms with Gasteiger partial charge in [0.25, 0.3) is 0 Å². The van der Waals surface area contributed by atoms with Gasteiger partial charge in [0.15, 0.2) is 5.17 Å². The summed E-state index contributed by atoms with van der Waals surface area (Å²) < 4.78 is 5.04. The molecule has 0 radical (unpaired) electrons. The summed E-state index contributed by atoms with van der Waals surface area (Å²) in [6.07, 6.45) is 0. The zero-order chi connectivity index (χ0) is 8.27. The van der Waals surface area contributed by atoms with E-state index >= 15 is 0 Å². The molecule has 0 atom stereocenters. The van der Waals surface area contributed by atoms with Crippen molar-refractivity contribution in [3.63, 3.8) is 0 Å². The number of amidine groups is 1. The molecule has 0 aromatic carbocycles. The standard InChI is InChI=1S/C5H8N4OS/c1-3-8-9-4(10-3)2-11-5(6)7/h2H2,1H3,(H3,6,7). The van der Waals surface area contributed by atoms with Crippen molar-refractivity contribution in [2.24, 2.45) is 5.73 Å². The Kier molecular flexibility index (Phi) is 2.48. The van der Waals surface area contributed by atoms with Gasteiger partial charge in [0, 0.05) is 6.92 Å². The predicted molar refractivity (Wildman–Crippen MR) is 42.2 cm³/mol. The summed E-state index contributed by atoms with van der Waals surface area (Å²) in [6.45, 7) is 1.72. The monoisotopic (exact) mass is 172 g/mol. The van der Waals surface area contributed by atoms with E-state index in [0.717, 1.165) is 11.8 Å². The highest BCUT2D eigenvalue weighted by atomic mass is 32.2. The van der Waals surface area contributed by atoms with Crippen molar-refractivity contribution in [1.29, 1.82) is 5.41 Å². The molecule has 0 fully saturated rings. The molecule has 3 N–H and O–H groups in total. The molecule has 1 heterocycles. The summed E-state index contributed by atoms with van der Waals surface area (Å²) in [5.74, 6) is 1.50. The van der Waals surface area contributed by atoms with Gasteiger partial charge in [0.05, 0.1) is 5.75 Å². The number of aryl methyl sites for hydroxylation is 1. The summed E-state index contributed by atoms with van der Waals surface area (Å²) >= 11 is 1.16. The maximum atomic E-state index is 6.90. The second kappa shape index (κ2) is 3.38. The van der Waals surface area contributed by atoms with Crippen LogP contribution in [0.3, 0.4) is 0 Å². The average Bonchev–Trinajstić information content (AvgIpc) is 2.31. The molecule has 1 aromatic rings. The van der Waals surface area contributed by atoms with Crippen molar-refractivity contribution < 1.29 is 4.42 Å². The van der Waals surface area contributed by atoms with Crippen LogP contribution in [-0.2, 0) is 5.75 Å². The van der Waals surface area contributed by atoms with Gasteiger partial charge in [-0.1, -0.05) is 11.8 Å². The van der Waals surface area contributed by atoms with E-state index in [1.165, 1.54) is 0 Å². The Hall–Kier alpha value is -1.04. The van der Waals surface area contributed by atoms with Crippen LogP contribution < -0.4 is 5.73 Å². The molecule has 0 saturated heterocycles. The highest BCUT2D eigenvalue weighted by molar-refractivity contribution is 8.12. The highest BCUT2D eigenvalue weighted by Crippen LogP contribution is 2.08. The first kappa shape index (κ1) is 8.06. The number of nitrogens with one attached hydrogen (secondary N) is 1. The fourth-order valence-corrected chi connectivity index (χ4v) is 0.931. The zero-order valence-corrected chi connectivity index (χ0v) is 6.81. The van der Waals surface area contributed by atoms with Crippen molar-refractivity contribution in [3.8, 4) is 0 Å². The van der Waals surface area contributed by atoms with E-state index in [1.54, 1.807) is 6.92 Å². The molecule has 0 aliphatic carbocycles. The van der Waals surface area contributed by atoms with E-state index < -0.39 is 0 Å². The number of aromatic nitrogens is 2. The molecule has 0 bridgehead atoms. The first-order chi connectivity index (χ1) is 5.18. The van der Waals surface area contributed by atoms with Gasteiger partial charge in [-0.05, 0) is 0 Å². The van der Waals surface area contributed by atoms with Crippen LogP contribution in [0.25, 0.3) is 0 Å². The molecule has 5 nitrogen and oxygen atoms in total. The van der Waals surface area contributed by atoms with E-state index in [4.69, 9.17) is 15.6 Å². The maximum Gasteiger partial charge on any atom is 0.226 e. The first-order valence-electron chi connectivity index (χ1n) is 2.94. The molecule has 0 aliphatic rings. The van der Waals surface area contributed by atoms with Gasteiger partial charge in [0.1, 0.15) is 0 Å². The number of nitrogens with zero attached hydrogens (tertiary/aromatic N) is 2. The number of thioether (sulfide) groups is 1. The second-order valence-electron chi connectivity index (χ2n) is 1.87. The minimum atomic E-state index is 0.0563. The van der Waals surface area contributed by atoms with Crippen LogP contribution in [0.2, 0.25) is 0 Å². The predicted octanol–water partition coefficient (Wildman–Crippen LogP) is 0.505. The van der Waals surface area contributed by atoms with Crippen LogP contribution in [0.15, 0.2) is 4.42 Å². The van der Waals surface area contributed by atoms with E-state index in [2.05, 4.69) is 10.2 Å². The molecule has 0 amide bonds. The van der Waals surface area contributed by atoms with Gasteiger partial charge in [-0.2, -0.15) is 0 Å². The molecule has 1 aromatic heterocycles. The van der Waals surface area contributed by atoms with Crippen LogP contribution in [0.1, 0.15) is 11.8 Å². The lowest BCUT2D eigenvalue weighted by Crippen LogP contribution is -2.03. The minimum Gasteiger partial charge on any atom is -0.425 e. The van der Waals surface area contributed by atoms with Crippen molar-refractivity contribution in [1.82, 2.24) is 10.2 Å². The molecule has 0 aliphatic heterocycles. The first-order valence-corrected chi connectivity index (χ1v) is 3.93. The molecule has 6 heteroatoms. The molecule has 0 spiro atoms. The third kappa shape index (κ3) is 2.58. The van der Waals surface area contributed by atoms with Crippen LogP contribution >= 0.6 is 11.8 Å². The van der Waals surface area contributed by atoms with Crippen LogP contribution in [0.4, 0.5) is 0 Å². The lowest BCUT2D eigenvalue weighted by atomic mass is 10.8. The van der Waals surface area contributed by atoms with Crippen LogP contribution in [0, 0.1) is 12.3 Å². The lowest BCUT2D eigenvalue weighted by molar-refractivity contribution is 0.485. The Bertz CT molecular complexity index is 259. The van der Waals surface area contributed by atoms with E-state index in [1.807, 2.05) is 0 Å². The van der Waals surface area contributed by atoms with Gasteiger partial charge in [-0.15, -0.1) is 10.2 Å². The molecule has 1 rings (SSSR count). The van der Waals surface area contributed by atoms with Crippen molar-refractivity contribution in [3.05, 3.63) is 11.8 Å². The van der Waals surface area contributed by atoms with Gasteiger partial charge in [-0.25, -0.2) is 0 Å². The molecular formula is C5H8N4OS. The van der Waals surface area contributed by atoms with E-state index in [9.17, 15) is 0 Å². The Morgan fingerprint density at radius 3 is 2.91 bits per heavy atom. The SMILES string of the molecule is Cc1nnc(CSC(=N)N)o1. The summed E-state index contributed by atoms with van der Waals surface area (Å²) in [5, 5.41) is 14.3.